The van der Waals surface area contributed by atoms with E-state index < -0.39 is 0 Å². The van der Waals surface area contributed by atoms with E-state index in [1.807, 2.05) is 13.0 Å². The first-order chi connectivity index (χ1) is 6.76. The molecule has 0 aliphatic rings. The summed E-state index contributed by atoms with van der Waals surface area (Å²) in [5, 5.41) is 0. The van der Waals surface area contributed by atoms with Crippen LogP contribution < -0.4 is 10.5 Å². The smallest absolute Gasteiger partial charge is 0.316 e. The van der Waals surface area contributed by atoms with Gasteiger partial charge in [-0.15, -0.1) is 0 Å². The molecule has 1 rings (SSSR count). The zero-order chi connectivity index (χ0) is 10.4. The number of hydrogen-bond acceptors (Lipinski definition) is 4. The van der Waals surface area contributed by atoms with Crippen LogP contribution >= 0.6 is 0 Å². The molecule has 4 nitrogen and oxygen atoms in total. The van der Waals surface area contributed by atoms with E-state index >= 15 is 0 Å². The molecule has 0 saturated heterocycles. The summed E-state index contributed by atoms with van der Waals surface area (Å²) in [7, 11) is 0. The van der Waals surface area contributed by atoms with Crippen LogP contribution in [0.2, 0.25) is 0 Å². The van der Waals surface area contributed by atoms with Crippen LogP contribution in [0.5, 0.6) is 6.01 Å². The molecule has 2 N–H and O–H groups in total. The fourth-order valence-corrected chi connectivity index (χ4v) is 1.13. The van der Waals surface area contributed by atoms with Crippen molar-refractivity contribution in [1.29, 1.82) is 0 Å². The number of ether oxygens (including phenoxy) is 1. The number of rotatable bonds is 5. The Morgan fingerprint density at radius 3 is 3.00 bits per heavy atom. The van der Waals surface area contributed by atoms with Crippen molar-refractivity contribution in [2.24, 2.45) is 11.7 Å². The highest BCUT2D eigenvalue weighted by Crippen LogP contribution is 2.07. The molecule has 0 aliphatic heterocycles. The molecule has 0 radical (unpaired) electrons. The van der Waals surface area contributed by atoms with Gasteiger partial charge in [-0.2, -0.15) is 0 Å². The molecule has 1 heterocycles. The second kappa shape index (κ2) is 5.54. The van der Waals surface area contributed by atoms with Crippen LogP contribution in [0.4, 0.5) is 0 Å². The second-order valence-electron chi connectivity index (χ2n) is 3.31. The molecular formula is C10H17N3O. The van der Waals surface area contributed by atoms with Crippen LogP contribution in [0.15, 0.2) is 12.3 Å². The lowest BCUT2D eigenvalue weighted by Crippen LogP contribution is -2.14. The van der Waals surface area contributed by atoms with Gasteiger partial charge < -0.3 is 10.5 Å². The summed E-state index contributed by atoms with van der Waals surface area (Å²) < 4.78 is 5.21. The SMILES string of the molecule is CCOc1nccc(CC(C)CN)n1. The van der Waals surface area contributed by atoms with E-state index in [1.54, 1.807) is 6.20 Å². The predicted octanol–water partition coefficient (Wildman–Crippen LogP) is 1.01. The monoisotopic (exact) mass is 195 g/mol. The average molecular weight is 195 g/mol. The Balaban J connectivity index is 2.63. The summed E-state index contributed by atoms with van der Waals surface area (Å²) in [5.74, 6) is 0.444. The summed E-state index contributed by atoms with van der Waals surface area (Å²) in [6.45, 7) is 5.28. The van der Waals surface area contributed by atoms with Gasteiger partial charge in [0.15, 0.2) is 0 Å². The minimum Gasteiger partial charge on any atom is -0.464 e. The van der Waals surface area contributed by atoms with Crippen molar-refractivity contribution in [3.63, 3.8) is 0 Å². The molecule has 14 heavy (non-hydrogen) atoms. The van der Waals surface area contributed by atoms with E-state index in [1.165, 1.54) is 0 Å². The molecule has 1 aromatic heterocycles. The van der Waals surface area contributed by atoms with Crippen molar-refractivity contribution in [2.75, 3.05) is 13.2 Å². The van der Waals surface area contributed by atoms with Crippen LogP contribution in [0.1, 0.15) is 19.5 Å². The Bertz CT molecular complexity index is 278. The van der Waals surface area contributed by atoms with Crippen LogP contribution in [-0.4, -0.2) is 23.1 Å². The zero-order valence-corrected chi connectivity index (χ0v) is 8.73. The fourth-order valence-electron chi connectivity index (χ4n) is 1.13. The maximum atomic E-state index is 5.54. The Hall–Kier alpha value is -1.16. The molecule has 4 heteroatoms. The van der Waals surface area contributed by atoms with E-state index in [-0.39, 0.29) is 0 Å². The van der Waals surface area contributed by atoms with Crippen molar-refractivity contribution in [2.45, 2.75) is 20.3 Å². The van der Waals surface area contributed by atoms with Gasteiger partial charge in [0.1, 0.15) is 0 Å². The van der Waals surface area contributed by atoms with Gasteiger partial charge in [0, 0.05) is 11.9 Å². The topological polar surface area (TPSA) is 61.0 Å². The van der Waals surface area contributed by atoms with Gasteiger partial charge in [0.25, 0.3) is 0 Å². The summed E-state index contributed by atoms with van der Waals surface area (Å²) in [5.41, 5.74) is 6.53. The zero-order valence-electron chi connectivity index (χ0n) is 8.73. The van der Waals surface area contributed by atoms with Crippen molar-refractivity contribution in [1.82, 2.24) is 9.97 Å². The molecule has 0 bridgehead atoms. The molecule has 1 aromatic rings. The molecule has 0 aromatic carbocycles. The normalized spacial score (nSPS) is 12.5. The number of aromatic nitrogens is 2. The first kappa shape index (κ1) is 10.9. The van der Waals surface area contributed by atoms with Crippen LogP contribution in [0.3, 0.4) is 0 Å². The molecular weight excluding hydrogens is 178 g/mol. The lowest BCUT2D eigenvalue weighted by Gasteiger charge is -2.08. The number of hydrogen-bond donors (Lipinski definition) is 1. The highest BCUT2D eigenvalue weighted by atomic mass is 16.5. The van der Waals surface area contributed by atoms with Gasteiger partial charge in [-0.25, -0.2) is 9.97 Å². The lowest BCUT2D eigenvalue weighted by molar-refractivity contribution is 0.310. The third-order valence-corrected chi connectivity index (χ3v) is 1.92. The van der Waals surface area contributed by atoms with Gasteiger partial charge in [-0.3, -0.25) is 0 Å². The highest BCUT2D eigenvalue weighted by molar-refractivity contribution is 5.06. The van der Waals surface area contributed by atoms with Gasteiger partial charge in [-0.05, 0) is 31.9 Å². The van der Waals surface area contributed by atoms with Gasteiger partial charge in [0.05, 0.1) is 6.61 Å². The Labute approximate surface area is 84.5 Å². The molecule has 78 valence electrons. The largest absolute Gasteiger partial charge is 0.464 e. The Kier molecular flexibility index (Phi) is 4.32. The average Bonchev–Trinajstić information content (AvgIpc) is 2.19. The summed E-state index contributed by atoms with van der Waals surface area (Å²) in [6, 6.07) is 2.35. The molecule has 0 fully saturated rings. The molecule has 0 aliphatic carbocycles. The third kappa shape index (κ3) is 3.30. The first-order valence-electron chi connectivity index (χ1n) is 4.91. The maximum Gasteiger partial charge on any atom is 0.316 e. The second-order valence-corrected chi connectivity index (χ2v) is 3.31. The molecule has 1 atom stereocenters. The van der Waals surface area contributed by atoms with Crippen molar-refractivity contribution >= 4 is 0 Å². The van der Waals surface area contributed by atoms with Gasteiger partial charge in [-0.1, -0.05) is 6.92 Å². The van der Waals surface area contributed by atoms with Crippen LogP contribution in [-0.2, 0) is 6.42 Å². The highest BCUT2D eigenvalue weighted by Gasteiger charge is 2.04. The summed E-state index contributed by atoms with van der Waals surface area (Å²) in [6.07, 6.45) is 2.59. The minimum atomic E-state index is 0.444. The number of nitrogens with zero attached hydrogens (tertiary/aromatic N) is 2. The van der Waals surface area contributed by atoms with Gasteiger partial charge in [0.2, 0.25) is 0 Å². The number of nitrogens with two attached hydrogens (primary N) is 1. The van der Waals surface area contributed by atoms with Crippen molar-refractivity contribution < 1.29 is 4.74 Å². The van der Waals surface area contributed by atoms with E-state index in [0.717, 1.165) is 12.1 Å². The fraction of sp³-hybridized carbons (Fsp3) is 0.600. The van der Waals surface area contributed by atoms with E-state index in [9.17, 15) is 0 Å². The van der Waals surface area contributed by atoms with Crippen molar-refractivity contribution in [3.05, 3.63) is 18.0 Å². The quantitative estimate of drug-likeness (QED) is 0.761. The van der Waals surface area contributed by atoms with E-state index in [0.29, 0.717) is 25.1 Å². The molecule has 0 spiro atoms. The molecule has 1 unspecified atom stereocenters. The lowest BCUT2D eigenvalue weighted by atomic mass is 10.1. The Morgan fingerprint density at radius 1 is 1.57 bits per heavy atom. The minimum absolute atomic E-state index is 0.444. The Morgan fingerprint density at radius 2 is 2.36 bits per heavy atom. The van der Waals surface area contributed by atoms with Crippen LogP contribution in [0, 0.1) is 5.92 Å². The summed E-state index contributed by atoms with van der Waals surface area (Å²) in [4.78, 5) is 8.26. The van der Waals surface area contributed by atoms with E-state index in [4.69, 9.17) is 10.5 Å². The summed E-state index contributed by atoms with van der Waals surface area (Å²) >= 11 is 0. The van der Waals surface area contributed by atoms with Gasteiger partial charge >= 0.3 is 6.01 Å². The molecule has 0 saturated carbocycles. The predicted molar refractivity (Wildman–Crippen MR) is 55.1 cm³/mol. The van der Waals surface area contributed by atoms with Crippen molar-refractivity contribution in [3.8, 4) is 6.01 Å². The standard InChI is InChI=1S/C10H17N3O/c1-3-14-10-12-5-4-9(13-10)6-8(2)7-11/h4-5,8H,3,6-7,11H2,1-2H3. The first-order valence-corrected chi connectivity index (χ1v) is 4.91. The maximum absolute atomic E-state index is 5.54. The van der Waals surface area contributed by atoms with E-state index in [2.05, 4.69) is 16.9 Å². The molecule has 0 amide bonds. The van der Waals surface area contributed by atoms with Crippen LogP contribution in [0.25, 0.3) is 0 Å². The third-order valence-electron chi connectivity index (χ3n) is 1.92.